The summed E-state index contributed by atoms with van der Waals surface area (Å²) < 4.78 is 0. The quantitative estimate of drug-likeness (QED) is 0.0891. The normalized spacial score (nSPS) is 19.7. The summed E-state index contributed by atoms with van der Waals surface area (Å²) in [4.78, 5) is 29.5. The Morgan fingerprint density at radius 2 is 0.533 bits per heavy atom. The molecule has 0 N–H and O–H groups in total. The predicted molar refractivity (Wildman–Crippen MR) is 255 cm³/mol. The van der Waals surface area contributed by atoms with Crippen molar-refractivity contribution in [1.29, 1.82) is 0 Å². The van der Waals surface area contributed by atoms with Crippen LogP contribution in [0, 0.1) is 11.8 Å². The summed E-state index contributed by atoms with van der Waals surface area (Å²) in [7, 11) is 0. The summed E-state index contributed by atoms with van der Waals surface area (Å²) in [6.45, 7) is 23.7. The lowest BCUT2D eigenvalue weighted by Gasteiger charge is -2.54. The fraction of sp³-hybridized carbons (Fsp3) is 0.621. The van der Waals surface area contributed by atoms with Crippen LogP contribution in [-0.2, 0) is 86.6 Å². The van der Waals surface area contributed by atoms with Gasteiger partial charge >= 0.3 is 0 Å². The van der Waals surface area contributed by atoms with Crippen LogP contribution in [-0.4, -0.2) is 11.6 Å². The van der Waals surface area contributed by atoms with Gasteiger partial charge in [0, 0.05) is 23.7 Å². The number of benzene rings is 3. The van der Waals surface area contributed by atoms with Crippen molar-refractivity contribution in [3.05, 3.63) is 112 Å². The van der Waals surface area contributed by atoms with Crippen LogP contribution in [0.4, 0.5) is 0 Å². The monoisotopic (exact) mass is 809 g/mol. The molecule has 3 aromatic carbocycles. The summed E-state index contributed by atoms with van der Waals surface area (Å²) in [5.74, 6) is -0.307. The molecule has 60 heavy (non-hydrogen) atoms. The highest BCUT2D eigenvalue weighted by Gasteiger charge is 2.58. The van der Waals surface area contributed by atoms with Gasteiger partial charge in [0.1, 0.15) is 0 Å². The molecule has 0 heterocycles. The van der Waals surface area contributed by atoms with E-state index in [1.165, 1.54) is 60.8 Å². The van der Waals surface area contributed by atoms with Gasteiger partial charge in [-0.2, -0.15) is 0 Å². The maximum atomic E-state index is 14.7. The van der Waals surface area contributed by atoms with Gasteiger partial charge in [0.2, 0.25) is 0 Å². The average molecular weight is 809 g/mol. The molecule has 2 heteroatoms. The topological polar surface area (TPSA) is 34.1 Å². The van der Waals surface area contributed by atoms with E-state index in [2.05, 4.69) is 69.2 Å². The molecule has 0 radical (unpaired) electrons. The minimum absolute atomic E-state index is 0.0490. The van der Waals surface area contributed by atoms with E-state index in [-0.39, 0.29) is 35.2 Å². The molecule has 0 spiro atoms. The molecule has 0 amide bonds. The Morgan fingerprint density at radius 1 is 0.317 bits per heavy atom. The Bertz CT molecular complexity index is 1990. The van der Waals surface area contributed by atoms with Crippen molar-refractivity contribution in [1.82, 2.24) is 0 Å². The summed E-state index contributed by atoms with van der Waals surface area (Å²) in [6, 6.07) is 0. The molecule has 0 saturated heterocycles. The molecule has 5 aliphatic rings. The molecule has 0 aliphatic heterocycles. The number of hydrogen-bond acceptors (Lipinski definition) is 2. The molecule has 4 atom stereocenters. The number of allylic oxidation sites excluding steroid dienone is 2. The fourth-order valence-corrected chi connectivity index (χ4v) is 13.7. The van der Waals surface area contributed by atoms with Gasteiger partial charge in [0.05, 0.1) is 0 Å². The van der Waals surface area contributed by atoms with E-state index in [4.69, 9.17) is 0 Å². The van der Waals surface area contributed by atoms with Crippen molar-refractivity contribution in [2.45, 2.75) is 222 Å². The lowest BCUT2D eigenvalue weighted by molar-refractivity contribution is -0.131. The first-order valence-electron chi connectivity index (χ1n) is 25.6. The second-order valence-electron chi connectivity index (χ2n) is 19.4. The van der Waals surface area contributed by atoms with Crippen molar-refractivity contribution >= 4 is 11.6 Å². The maximum Gasteiger partial charge on any atom is 0.160 e. The first kappa shape index (κ1) is 44.8. The smallest absolute Gasteiger partial charge is 0.160 e. The fourth-order valence-electron chi connectivity index (χ4n) is 13.7. The molecule has 3 aromatic rings. The largest absolute Gasteiger partial charge is 0.294 e. The number of ketones is 2. The third kappa shape index (κ3) is 7.24. The van der Waals surface area contributed by atoms with Crippen LogP contribution in [0.1, 0.15) is 245 Å². The van der Waals surface area contributed by atoms with Crippen LogP contribution in [0.2, 0.25) is 0 Å². The summed E-state index contributed by atoms with van der Waals surface area (Å²) >= 11 is 0. The molecular formula is C58H80O2. The Hall–Kier alpha value is -3.26. The van der Waals surface area contributed by atoms with E-state index in [0.717, 1.165) is 103 Å². The minimum Gasteiger partial charge on any atom is -0.294 e. The maximum absolute atomic E-state index is 14.7. The molecule has 2 nitrogen and oxygen atoms in total. The van der Waals surface area contributed by atoms with Crippen LogP contribution in [0.25, 0.3) is 0 Å². The van der Waals surface area contributed by atoms with E-state index in [1.807, 2.05) is 0 Å². The van der Waals surface area contributed by atoms with E-state index in [9.17, 15) is 9.59 Å². The van der Waals surface area contributed by atoms with E-state index in [1.54, 1.807) is 90.0 Å². The van der Waals surface area contributed by atoms with Gasteiger partial charge in [0.15, 0.2) is 11.6 Å². The standard InChI is InChI=1S/C58H80O2/c1-11-21-35-36(22-12-2)40(26-16-6)46-34-48-44(30-20-10)54-53(43(29-19-9)47(48)33-45(46)39(35)25-15-5)57-51-41(27-17-7)37(23-13-3)38(24-14-4)42(28-18-8)52(51)58(54)56-50(60)32-31-49(59)55(56)57/h31-32,55-58H,11-30,33-34H2,1-10H3/t55-,56+,57?,58?. The lowest BCUT2D eigenvalue weighted by Crippen LogP contribution is -2.50. The first-order valence-corrected chi connectivity index (χ1v) is 25.6. The van der Waals surface area contributed by atoms with Crippen molar-refractivity contribution in [2.75, 3.05) is 0 Å². The second-order valence-corrected chi connectivity index (χ2v) is 19.4. The van der Waals surface area contributed by atoms with Crippen LogP contribution < -0.4 is 0 Å². The van der Waals surface area contributed by atoms with Crippen LogP contribution in [0.5, 0.6) is 0 Å². The molecule has 8 rings (SSSR count). The summed E-state index contributed by atoms with van der Waals surface area (Å²) in [6.07, 6.45) is 27.9. The van der Waals surface area contributed by atoms with Gasteiger partial charge < -0.3 is 0 Å². The van der Waals surface area contributed by atoms with Crippen molar-refractivity contribution < 1.29 is 9.59 Å². The molecular weight excluding hydrogens is 729 g/mol. The SMILES string of the molecule is CCCc1c(CCC)c(CCC)c2c(c1CCC)Cc1c(c(CCC)c3c(c1CCC)C1c4c(CCC)c(CCC)c(CCC)c(CCC)c4C3[C@@H]3C(=O)C=CC(=O)[C@H]13)C2. The van der Waals surface area contributed by atoms with Crippen LogP contribution in [0.15, 0.2) is 12.2 Å². The zero-order chi connectivity index (χ0) is 42.8. The Morgan fingerprint density at radius 3 is 0.833 bits per heavy atom. The highest BCUT2D eigenvalue weighted by atomic mass is 16.1. The van der Waals surface area contributed by atoms with Crippen LogP contribution >= 0.6 is 0 Å². The van der Waals surface area contributed by atoms with Crippen molar-refractivity contribution in [3.63, 3.8) is 0 Å². The molecule has 0 aromatic heterocycles. The van der Waals surface area contributed by atoms with Crippen molar-refractivity contribution in [3.8, 4) is 0 Å². The number of hydrogen-bond donors (Lipinski definition) is 0. The number of carbonyl (C=O) groups excluding carboxylic acids is 2. The molecule has 0 saturated carbocycles. The number of rotatable bonds is 20. The van der Waals surface area contributed by atoms with Gasteiger partial charge in [-0.25, -0.2) is 0 Å². The molecule has 0 fully saturated rings. The van der Waals surface area contributed by atoms with E-state index < -0.39 is 0 Å². The zero-order valence-corrected chi connectivity index (χ0v) is 39.8. The van der Waals surface area contributed by atoms with Gasteiger partial charge in [-0.1, -0.05) is 133 Å². The Labute approximate surface area is 366 Å². The lowest BCUT2D eigenvalue weighted by atomic mass is 9.47. The Balaban J connectivity index is 1.66. The zero-order valence-electron chi connectivity index (χ0n) is 39.8. The molecule has 5 aliphatic carbocycles. The number of fused-ring (bicyclic) bond motifs is 2. The van der Waals surface area contributed by atoms with Gasteiger partial charge in [0.25, 0.3) is 0 Å². The van der Waals surface area contributed by atoms with Gasteiger partial charge in [-0.15, -0.1) is 0 Å². The minimum atomic E-state index is -0.303. The number of carbonyl (C=O) groups is 2. The Kier molecular flexibility index (Phi) is 14.5. The molecule has 2 unspecified atom stereocenters. The molecule has 324 valence electrons. The van der Waals surface area contributed by atoms with Gasteiger partial charge in [-0.3, -0.25) is 9.59 Å². The average Bonchev–Trinajstić information content (AvgIpc) is 3.24. The predicted octanol–water partition coefficient (Wildman–Crippen LogP) is 14.2. The van der Waals surface area contributed by atoms with E-state index >= 15 is 0 Å². The van der Waals surface area contributed by atoms with Gasteiger partial charge in [-0.05, 0) is 189 Å². The summed E-state index contributed by atoms with van der Waals surface area (Å²) in [5.41, 5.74) is 28.9. The highest BCUT2D eigenvalue weighted by molar-refractivity contribution is 6.09. The van der Waals surface area contributed by atoms with Crippen molar-refractivity contribution in [2.24, 2.45) is 11.8 Å². The first-order chi connectivity index (χ1) is 29.3. The van der Waals surface area contributed by atoms with Crippen LogP contribution in [0.3, 0.4) is 0 Å². The third-order valence-corrected chi connectivity index (χ3v) is 15.4. The second kappa shape index (κ2) is 19.4. The summed E-state index contributed by atoms with van der Waals surface area (Å²) in [5, 5.41) is 0. The third-order valence-electron chi connectivity index (χ3n) is 15.4. The molecule has 2 bridgehead atoms. The van der Waals surface area contributed by atoms with E-state index in [0.29, 0.717) is 0 Å². The highest BCUT2D eigenvalue weighted by Crippen LogP contribution is 2.65.